The third-order valence-corrected chi connectivity index (χ3v) is 7.01. The molecule has 176 valence electrons. The van der Waals surface area contributed by atoms with E-state index in [4.69, 9.17) is 4.74 Å². The minimum absolute atomic E-state index is 0.0914. The van der Waals surface area contributed by atoms with E-state index in [9.17, 15) is 18.0 Å². The summed E-state index contributed by atoms with van der Waals surface area (Å²) in [4.78, 5) is 28.6. The standard InChI is InChI=1S/C22H31N3O5S2/c1-22(2,3)30-20(27)16-25(13-12-24(4)5)19(26)15-17-8-10-18(11-9-17)23-32(28,29)21-7-6-14-31-21/h6-11,14,23H,12-13,15-16H2,1-5H3. The molecule has 0 aliphatic heterocycles. The molecule has 0 fully saturated rings. The predicted octanol–water partition coefficient (Wildman–Crippen LogP) is 2.82. The van der Waals surface area contributed by atoms with Crippen molar-refractivity contribution >= 4 is 38.9 Å². The second kappa shape index (κ2) is 10.9. The zero-order chi connectivity index (χ0) is 23.9. The van der Waals surface area contributed by atoms with E-state index in [0.717, 1.165) is 11.3 Å². The molecule has 1 aromatic carbocycles. The first kappa shape index (κ1) is 25.8. The number of esters is 1. The number of hydrogen-bond acceptors (Lipinski definition) is 7. The summed E-state index contributed by atoms with van der Waals surface area (Å²) < 4.78 is 32.8. The summed E-state index contributed by atoms with van der Waals surface area (Å²) >= 11 is 1.14. The summed E-state index contributed by atoms with van der Waals surface area (Å²) in [6, 6.07) is 9.83. The molecular formula is C22H31N3O5S2. The number of thiophene rings is 1. The van der Waals surface area contributed by atoms with Crippen LogP contribution in [0.25, 0.3) is 0 Å². The molecule has 0 atom stereocenters. The lowest BCUT2D eigenvalue weighted by Crippen LogP contribution is -2.42. The van der Waals surface area contributed by atoms with Crippen LogP contribution in [0.5, 0.6) is 0 Å². The van der Waals surface area contributed by atoms with E-state index in [2.05, 4.69) is 4.72 Å². The predicted molar refractivity (Wildman–Crippen MR) is 126 cm³/mol. The van der Waals surface area contributed by atoms with Crippen LogP contribution in [-0.2, 0) is 30.8 Å². The molecule has 1 amide bonds. The van der Waals surface area contributed by atoms with E-state index in [1.807, 2.05) is 19.0 Å². The normalized spacial score (nSPS) is 11.9. The zero-order valence-electron chi connectivity index (χ0n) is 19.1. The molecule has 1 aromatic heterocycles. The van der Waals surface area contributed by atoms with Crippen molar-refractivity contribution in [2.45, 2.75) is 37.0 Å². The van der Waals surface area contributed by atoms with Crippen molar-refractivity contribution in [2.24, 2.45) is 0 Å². The molecule has 0 aliphatic carbocycles. The number of anilines is 1. The number of hydrogen-bond donors (Lipinski definition) is 1. The summed E-state index contributed by atoms with van der Waals surface area (Å²) in [6.45, 7) is 6.23. The first-order valence-corrected chi connectivity index (χ1v) is 12.5. The van der Waals surface area contributed by atoms with Gasteiger partial charge in [-0.3, -0.25) is 14.3 Å². The minimum Gasteiger partial charge on any atom is -0.459 e. The molecule has 0 saturated carbocycles. The summed E-state index contributed by atoms with van der Waals surface area (Å²) in [7, 11) is 0.164. The van der Waals surface area contributed by atoms with E-state index in [-0.39, 0.29) is 23.1 Å². The highest BCUT2D eigenvalue weighted by Gasteiger charge is 2.22. The second-order valence-corrected chi connectivity index (χ2v) is 11.5. The number of rotatable bonds is 10. The third-order valence-electron chi connectivity index (χ3n) is 4.23. The summed E-state index contributed by atoms with van der Waals surface area (Å²) in [6.07, 6.45) is 0.0914. The first-order valence-electron chi connectivity index (χ1n) is 10.2. The number of likely N-dealkylation sites (N-methyl/N-ethyl adjacent to an activating group) is 1. The molecule has 2 aromatic rings. The molecule has 8 nitrogen and oxygen atoms in total. The van der Waals surface area contributed by atoms with Gasteiger partial charge in [0.2, 0.25) is 5.91 Å². The maximum absolute atomic E-state index is 12.9. The van der Waals surface area contributed by atoms with Crippen molar-refractivity contribution in [2.75, 3.05) is 38.5 Å². The van der Waals surface area contributed by atoms with Gasteiger partial charge in [-0.1, -0.05) is 18.2 Å². The average Bonchev–Trinajstić information content (AvgIpc) is 3.20. The van der Waals surface area contributed by atoms with Gasteiger partial charge in [-0.2, -0.15) is 0 Å². The molecule has 1 N–H and O–H groups in total. The Balaban J connectivity index is 2.04. The Morgan fingerprint density at radius 2 is 1.72 bits per heavy atom. The molecule has 1 heterocycles. The number of sulfonamides is 1. The fraction of sp³-hybridized carbons (Fsp3) is 0.455. The van der Waals surface area contributed by atoms with Crippen LogP contribution in [0.4, 0.5) is 5.69 Å². The smallest absolute Gasteiger partial charge is 0.326 e. The van der Waals surface area contributed by atoms with Crippen molar-refractivity contribution in [3.63, 3.8) is 0 Å². The van der Waals surface area contributed by atoms with Crippen molar-refractivity contribution in [3.8, 4) is 0 Å². The van der Waals surface area contributed by atoms with Gasteiger partial charge in [-0.25, -0.2) is 8.42 Å². The molecule has 0 spiro atoms. The summed E-state index contributed by atoms with van der Waals surface area (Å²) in [5.41, 5.74) is 0.500. The topological polar surface area (TPSA) is 96.0 Å². The maximum atomic E-state index is 12.9. The van der Waals surface area contributed by atoms with Crippen LogP contribution in [0, 0.1) is 0 Å². The number of ether oxygens (including phenoxy) is 1. The van der Waals surface area contributed by atoms with Crippen LogP contribution in [0.2, 0.25) is 0 Å². The zero-order valence-corrected chi connectivity index (χ0v) is 20.8. The highest BCUT2D eigenvalue weighted by molar-refractivity contribution is 7.94. The van der Waals surface area contributed by atoms with Crippen molar-refractivity contribution in [1.82, 2.24) is 9.80 Å². The lowest BCUT2D eigenvalue weighted by molar-refractivity contribution is -0.158. The summed E-state index contributed by atoms with van der Waals surface area (Å²) in [5.74, 6) is -0.660. The lowest BCUT2D eigenvalue weighted by atomic mass is 10.1. The maximum Gasteiger partial charge on any atom is 0.326 e. The molecule has 0 aliphatic rings. The number of carbonyl (C=O) groups is 2. The Labute approximate surface area is 194 Å². The Morgan fingerprint density at radius 3 is 2.25 bits per heavy atom. The fourth-order valence-electron chi connectivity index (χ4n) is 2.74. The molecule has 10 heteroatoms. The highest BCUT2D eigenvalue weighted by Crippen LogP contribution is 2.20. The van der Waals surface area contributed by atoms with E-state index in [0.29, 0.717) is 24.3 Å². The van der Waals surface area contributed by atoms with Crippen molar-refractivity contribution in [1.29, 1.82) is 0 Å². The minimum atomic E-state index is -3.63. The van der Waals surface area contributed by atoms with Gasteiger partial charge in [0.15, 0.2) is 0 Å². The number of nitrogens with zero attached hydrogens (tertiary/aromatic N) is 2. The third kappa shape index (κ3) is 8.60. The molecule has 0 saturated heterocycles. The fourth-order valence-corrected chi connectivity index (χ4v) is 4.79. The molecule has 32 heavy (non-hydrogen) atoms. The SMILES string of the molecule is CN(C)CCN(CC(=O)OC(C)(C)C)C(=O)Cc1ccc(NS(=O)(=O)c2cccs2)cc1. The number of carbonyl (C=O) groups excluding carboxylic acids is 2. The Kier molecular flexibility index (Phi) is 8.82. The molecule has 0 radical (unpaired) electrons. The van der Waals surface area contributed by atoms with Gasteiger partial charge in [0.05, 0.1) is 6.42 Å². The van der Waals surface area contributed by atoms with Crippen LogP contribution in [-0.4, -0.2) is 69.4 Å². The van der Waals surface area contributed by atoms with Crippen molar-refractivity contribution < 1.29 is 22.7 Å². The molecule has 2 rings (SSSR count). The van der Waals surface area contributed by atoms with Gasteiger partial charge < -0.3 is 14.5 Å². The second-order valence-electron chi connectivity index (χ2n) is 8.62. The van der Waals surface area contributed by atoms with Gasteiger partial charge >= 0.3 is 5.97 Å². The number of amides is 1. The summed E-state index contributed by atoms with van der Waals surface area (Å²) in [5, 5.41) is 1.70. The van der Waals surface area contributed by atoms with Gasteiger partial charge in [0.25, 0.3) is 10.0 Å². The van der Waals surface area contributed by atoms with E-state index < -0.39 is 21.6 Å². The van der Waals surface area contributed by atoms with Crippen LogP contribution in [0.3, 0.4) is 0 Å². The largest absolute Gasteiger partial charge is 0.459 e. The first-order chi connectivity index (χ1) is 14.9. The van der Waals surface area contributed by atoms with Gasteiger partial charge in [-0.05, 0) is 64.0 Å². The number of benzene rings is 1. The van der Waals surface area contributed by atoms with Gasteiger partial charge in [0.1, 0.15) is 16.4 Å². The number of nitrogens with one attached hydrogen (secondary N) is 1. The van der Waals surface area contributed by atoms with Gasteiger partial charge in [0, 0.05) is 18.8 Å². The molecule has 0 bridgehead atoms. The molecular weight excluding hydrogens is 450 g/mol. The van der Waals surface area contributed by atoms with Gasteiger partial charge in [-0.15, -0.1) is 11.3 Å². The van der Waals surface area contributed by atoms with Crippen LogP contribution in [0.1, 0.15) is 26.3 Å². The lowest BCUT2D eigenvalue weighted by Gasteiger charge is -2.26. The van der Waals surface area contributed by atoms with Crippen LogP contribution >= 0.6 is 11.3 Å². The Morgan fingerprint density at radius 1 is 1.06 bits per heavy atom. The quantitative estimate of drug-likeness (QED) is 0.524. The molecule has 0 unspecified atom stereocenters. The van der Waals surface area contributed by atoms with Crippen LogP contribution < -0.4 is 4.72 Å². The van der Waals surface area contributed by atoms with E-state index in [1.165, 1.54) is 11.0 Å². The van der Waals surface area contributed by atoms with Crippen LogP contribution in [0.15, 0.2) is 46.0 Å². The highest BCUT2D eigenvalue weighted by atomic mass is 32.2. The Bertz CT molecular complexity index is 995. The van der Waals surface area contributed by atoms with E-state index in [1.54, 1.807) is 56.5 Å². The average molecular weight is 482 g/mol. The van der Waals surface area contributed by atoms with E-state index >= 15 is 0 Å². The monoisotopic (exact) mass is 481 g/mol. The van der Waals surface area contributed by atoms with Crippen molar-refractivity contribution in [3.05, 3.63) is 47.3 Å². The Hall–Kier alpha value is -2.43.